The van der Waals surface area contributed by atoms with Gasteiger partial charge in [-0.2, -0.15) is 0 Å². The van der Waals surface area contributed by atoms with E-state index in [1.165, 1.54) is 25.7 Å². The van der Waals surface area contributed by atoms with Gasteiger partial charge in [-0.25, -0.2) is 0 Å². The summed E-state index contributed by atoms with van der Waals surface area (Å²) < 4.78 is 20.6. The van der Waals surface area contributed by atoms with E-state index >= 15 is 0 Å². The van der Waals surface area contributed by atoms with E-state index in [1.807, 2.05) is 0 Å². The first kappa shape index (κ1) is 19.3. The normalized spacial score (nSPS) is 11.5. The lowest BCUT2D eigenvalue weighted by molar-refractivity contribution is -0.117. The van der Waals surface area contributed by atoms with E-state index in [4.69, 9.17) is 18.6 Å². The van der Waals surface area contributed by atoms with E-state index in [0.717, 1.165) is 0 Å². The molecular weight excluding hydrogens is 340 g/mol. The zero-order valence-electron chi connectivity index (χ0n) is 14.9. The molecule has 2 aromatic rings. The molecule has 1 aromatic carbocycles. The Labute approximate surface area is 151 Å². The maximum Gasteiger partial charge on any atom is 0.255 e. The third-order valence-electron chi connectivity index (χ3n) is 3.50. The Balaban J connectivity index is 1.98. The summed E-state index contributed by atoms with van der Waals surface area (Å²) in [6.07, 6.45) is 2.70. The third-order valence-corrected chi connectivity index (χ3v) is 3.50. The minimum Gasteiger partial charge on any atom is -0.493 e. The number of anilines is 1. The number of furan rings is 1. The molecule has 1 aromatic heterocycles. The third kappa shape index (κ3) is 5.25. The van der Waals surface area contributed by atoms with Crippen molar-refractivity contribution in [3.63, 3.8) is 0 Å². The van der Waals surface area contributed by atoms with Crippen molar-refractivity contribution in [3.05, 3.63) is 42.4 Å². The second kappa shape index (κ2) is 9.47. The SMILES string of the molecule is COCCOc1cc(NC(=O)C(C)NC(=O)c2ccoc2)ccc1OC. The maximum absolute atomic E-state index is 12.3. The summed E-state index contributed by atoms with van der Waals surface area (Å²) in [4.78, 5) is 24.3. The summed E-state index contributed by atoms with van der Waals surface area (Å²) in [7, 11) is 3.11. The van der Waals surface area contributed by atoms with Gasteiger partial charge in [0, 0.05) is 18.9 Å². The second-order valence-electron chi connectivity index (χ2n) is 5.40. The molecule has 8 heteroatoms. The van der Waals surface area contributed by atoms with E-state index in [1.54, 1.807) is 32.2 Å². The highest BCUT2D eigenvalue weighted by Crippen LogP contribution is 2.30. The smallest absolute Gasteiger partial charge is 0.255 e. The van der Waals surface area contributed by atoms with Gasteiger partial charge >= 0.3 is 0 Å². The van der Waals surface area contributed by atoms with Crippen LogP contribution < -0.4 is 20.1 Å². The molecular formula is C18H22N2O6. The molecule has 1 heterocycles. The van der Waals surface area contributed by atoms with E-state index < -0.39 is 6.04 Å². The number of carbonyl (C=O) groups is 2. The lowest BCUT2D eigenvalue weighted by Gasteiger charge is -2.15. The first-order valence-electron chi connectivity index (χ1n) is 7.99. The Hall–Kier alpha value is -3.00. The fraction of sp³-hybridized carbons (Fsp3) is 0.333. The molecule has 0 aliphatic carbocycles. The van der Waals surface area contributed by atoms with Gasteiger partial charge in [0.05, 0.1) is 25.5 Å². The van der Waals surface area contributed by atoms with E-state index in [-0.39, 0.29) is 11.8 Å². The molecule has 0 radical (unpaired) electrons. The van der Waals surface area contributed by atoms with Gasteiger partial charge in [-0.1, -0.05) is 0 Å². The molecule has 2 amide bonds. The number of amides is 2. The molecule has 0 saturated carbocycles. The molecule has 0 spiro atoms. The summed E-state index contributed by atoms with van der Waals surface area (Å²) in [5.74, 6) is 0.271. The fourth-order valence-corrected chi connectivity index (χ4v) is 2.09. The van der Waals surface area contributed by atoms with E-state index in [2.05, 4.69) is 10.6 Å². The number of carbonyl (C=O) groups excluding carboxylic acids is 2. The zero-order chi connectivity index (χ0) is 18.9. The van der Waals surface area contributed by atoms with Crippen LogP contribution in [0.4, 0.5) is 5.69 Å². The minimum atomic E-state index is -0.739. The highest BCUT2D eigenvalue weighted by molar-refractivity contribution is 6.00. The number of ether oxygens (including phenoxy) is 3. The second-order valence-corrected chi connectivity index (χ2v) is 5.40. The van der Waals surface area contributed by atoms with Crippen LogP contribution in [0, 0.1) is 0 Å². The lowest BCUT2D eigenvalue weighted by atomic mass is 10.2. The van der Waals surface area contributed by atoms with Crippen molar-refractivity contribution in [2.45, 2.75) is 13.0 Å². The molecule has 1 atom stereocenters. The van der Waals surface area contributed by atoms with Gasteiger partial charge in [-0.05, 0) is 25.1 Å². The number of nitrogens with one attached hydrogen (secondary N) is 2. The molecule has 1 unspecified atom stereocenters. The number of hydrogen-bond acceptors (Lipinski definition) is 6. The van der Waals surface area contributed by atoms with Crippen molar-refractivity contribution in [3.8, 4) is 11.5 Å². The number of hydrogen-bond donors (Lipinski definition) is 2. The van der Waals surface area contributed by atoms with Gasteiger partial charge in [-0.15, -0.1) is 0 Å². The monoisotopic (exact) mass is 362 g/mol. The minimum absolute atomic E-state index is 0.349. The Bertz CT molecular complexity index is 729. The summed E-state index contributed by atoms with van der Waals surface area (Å²) in [6, 6.07) is 5.80. The molecule has 0 saturated heterocycles. The van der Waals surface area contributed by atoms with Crippen molar-refractivity contribution in [1.82, 2.24) is 5.32 Å². The van der Waals surface area contributed by atoms with E-state index in [9.17, 15) is 9.59 Å². The molecule has 26 heavy (non-hydrogen) atoms. The molecule has 140 valence electrons. The molecule has 0 aliphatic rings. The van der Waals surface area contributed by atoms with Crippen LogP contribution in [-0.4, -0.2) is 45.3 Å². The quantitative estimate of drug-likeness (QED) is 0.663. The lowest BCUT2D eigenvalue weighted by Crippen LogP contribution is -2.41. The standard InChI is InChI=1S/C18H22N2O6/c1-12(19-18(22)13-6-7-25-11-13)17(21)20-14-4-5-15(24-3)16(10-14)26-9-8-23-2/h4-7,10-12H,8-9H2,1-3H3,(H,19,22)(H,20,21). The first-order chi connectivity index (χ1) is 12.5. The predicted octanol–water partition coefficient (Wildman–Crippen LogP) is 2.07. The number of methoxy groups -OCH3 is 2. The van der Waals surface area contributed by atoms with Crippen LogP contribution in [0.3, 0.4) is 0 Å². The van der Waals surface area contributed by atoms with Crippen LogP contribution in [0.1, 0.15) is 17.3 Å². The summed E-state index contributed by atoms with van der Waals surface area (Å²) in [5, 5.41) is 5.33. The van der Waals surface area contributed by atoms with Crippen molar-refractivity contribution in [2.75, 3.05) is 32.8 Å². The van der Waals surface area contributed by atoms with Gasteiger partial charge in [0.1, 0.15) is 18.9 Å². The highest BCUT2D eigenvalue weighted by atomic mass is 16.5. The highest BCUT2D eigenvalue weighted by Gasteiger charge is 2.18. The maximum atomic E-state index is 12.3. The van der Waals surface area contributed by atoms with Crippen LogP contribution in [-0.2, 0) is 9.53 Å². The van der Waals surface area contributed by atoms with Gasteiger partial charge in [-0.3, -0.25) is 9.59 Å². The Morgan fingerprint density at radius 3 is 2.62 bits per heavy atom. The first-order valence-corrected chi connectivity index (χ1v) is 7.99. The number of rotatable bonds is 9. The molecule has 8 nitrogen and oxygen atoms in total. The largest absolute Gasteiger partial charge is 0.493 e. The Morgan fingerprint density at radius 2 is 1.96 bits per heavy atom. The Kier molecular flexibility index (Phi) is 7.04. The molecule has 2 rings (SSSR count). The van der Waals surface area contributed by atoms with Crippen molar-refractivity contribution >= 4 is 17.5 Å². The van der Waals surface area contributed by atoms with Gasteiger partial charge in [0.25, 0.3) is 5.91 Å². The van der Waals surface area contributed by atoms with Crippen LogP contribution in [0.15, 0.2) is 41.2 Å². The van der Waals surface area contributed by atoms with Crippen molar-refractivity contribution in [2.24, 2.45) is 0 Å². The van der Waals surface area contributed by atoms with Crippen molar-refractivity contribution in [1.29, 1.82) is 0 Å². The van der Waals surface area contributed by atoms with Crippen LogP contribution in [0.5, 0.6) is 11.5 Å². The zero-order valence-corrected chi connectivity index (χ0v) is 14.9. The molecule has 0 fully saturated rings. The van der Waals surface area contributed by atoms with Gasteiger partial charge in [0.2, 0.25) is 5.91 Å². The van der Waals surface area contributed by atoms with Gasteiger partial charge < -0.3 is 29.3 Å². The molecule has 2 N–H and O–H groups in total. The summed E-state index contributed by atoms with van der Waals surface area (Å²) in [6.45, 7) is 2.37. The molecule has 0 aliphatic heterocycles. The summed E-state index contributed by atoms with van der Waals surface area (Å²) >= 11 is 0. The fourth-order valence-electron chi connectivity index (χ4n) is 2.09. The Morgan fingerprint density at radius 1 is 1.15 bits per heavy atom. The predicted molar refractivity (Wildman–Crippen MR) is 94.6 cm³/mol. The van der Waals surface area contributed by atoms with Crippen LogP contribution in [0.25, 0.3) is 0 Å². The number of benzene rings is 1. The van der Waals surface area contributed by atoms with Crippen molar-refractivity contribution < 1.29 is 28.2 Å². The van der Waals surface area contributed by atoms with Gasteiger partial charge in [0.15, 0.2) is 11.5 Å². The van der Waals surface area contributed by atoms with E-state index in [0.29, 0.717) is 36.0 Å². The topological polar surface area (TPSA) is 99.0 Å². The van der Waals surface area contributed by atoms with Crippen LogP contribution in [0.2, 0.25) is 0 Å². The molecule has 0 bridgehead atoms. The average Bonchev–Trinajstić information content (AvgIpc) is 3.17. The average molecular weight is 362 g/mol. The van der Waals surface area contributed by atoms with Crippen LogP contribution >= 0.6 is 0 Å². The summed E-state index contributed by atoms with van der Waals surface area (Å²) in [5.41, 5.74) is 0.871.